The van der Waals surface area contributed by atoms with Gasteiger partial charge in [0.2, 0.25) is 0 Å². The molecule has 2 radical (unpaired) electrons. The average molecular weight is 232 g/mol. The third-order valence-corrected chi connectivity index (χ3v) is 1.35. The van der Waals surface area contributed by atoms with Crippen LogP contribution in [-0.2, 0) is 14.4 Å². The van der Waals surface area contributed by atoms with Crippen LogP contribution in [0.15, 0.2) is 0 Å². The fraction of sp³-hybridized carbons (Fsp3) is 0.500. The zero-order chi connectivity index (χ0) is 10.6. The van der Waals surface area contributed by atoms with Gasteiger partial charge >= 0.3 is 17.9 Å². The molecule has 0 aromatic carbocycles. The minimum atomic E-state index is -2.20. The van der Waals surface area contributed by atoms with Gasteiger partial charge in [0.15, 0.2) is 6.10 Å². The number of hydrogen-bond donors (Lipinski definition) is 4. The Bertz CT molecular complexity index is 238. The van der Waals surface area contributed by atoms with E-state index in [2.05, 4.69) is 0 Å². The Hall–Kier alpha value is -0.370. The van der Waals surface area contributed by atoms with Gasteiger partial charge in [0.25, 0.3) is 0 Å². The van der Waals surface area contributed by atoms with Gasteiger partial charge in [-0.25, -0.2) is 4.79 Å². The van der Waals surface area contributed by atoms with Crippen molar-refractivity contribution in [1.29, 1.82) is 0 Å². The largest absolute Gasteiger partial charge is 0.481 e. The summed E-state index contributed by atoms with van der Waals surface area (Å²) in [5, 5.41) is 33.5. The molecule has 14 heavy (non-hydrogen) atoms. The number of rotatable bonds is 5. The van der Waals surface area contributed by atoms with Crippen LogP contribution in [-0.4, -0.2) is 82.2 Å². The van der Waals surface area contributed by atoms with E-state index in [1.54, 1.807) is 0 Å². The first kappa shape index (κ1) is 16.1. The van der Waals surface area contributed by atoms with Crippen LogP contribution in [0, 0.1) is 5.92 Å². The second-order valence-corrected chi connectivity index (χ2v) is 2.33. The van der Waals surface area contributed by atoms with Gasteiger partial charge in [-0.05, 0) is 0 Å². The Kier molecular flexibility index (Phi) is 8.03. The maximum Gasteiger partial charge on any atom is 0.333 e. The summed E-state index contributed by atoms with van der Waals surface area (Å²) in [6, 6.07) is 0. The van der Waals surface area contributed by atoms with Crippen LogP contribution >= 0.6 is 0 Å². The molecule has 8 heteroatoms. The maximum absolute atomic E-state index is 10.3. The van der Waals surface area contributed by atoms with Crippen molar-refractivity contribution < 1.29 is 34.8 Å². The molecule has 0 aliphatic rings. The van der Waals surface area contributed by atoms with Gasteiger partial charge in [0.1, 0.15) is 5.92 Å². The summed E-state index contributed by atoms with van der Waals surface area (Å²) in [6.07, 6.45) is -3.13. The smallest absolute Gasteiger partial charge is 0.333 e. The van der Waals surface area contributed by atoms with Crippen LogP contribution < -0.4 is 0 Å². The average Bonchev–Trinajstić information content (AvgIpc) is 1.97. The Morgan fingerprint density at radius 3 is 1.64 bits per heavy atom. The quantitative estimate of drug-likeness (QED) is 0.412. The Morgan fingerprint density at radius 1 is 1.00 bits per heavy atom. The first-order valence-electron chi connectivity index (χ1n) is 3.21. The van der Waals surface area contributed by atoms with Crippen molar-refractivity contribution in [1.82, 2.24) is 0 Å². The second kappa shape index (κ2) is 6.99. The van der Waals surface area contributed by atoms with Gasteiger partial charge in [-0.15, -0.1) is 0 Å². The SMILES string of the molecule is O=C(O)CC(C(=O)O)C(O)C(=O)O.[Ca]. The van der Waals surface area contributed by atoms with Crippen molar-refractivity contribution >= 4 is 55.6 Å². The van der Waals surface area contributed by atoms with Crippen LogP contribution in [0.3, 0.4) is 0 Å². The number of carboxylic acid groups (broad SMARTS) is 3. The number of aliphatic carboxylic acids is 3. The van der Waals surface area contributed by atoms with E-state index in [4.69, 9.17) is 20.4 Å². The maximum atomic E-state index is 10.3. The van der Waals surface area contributed by atoms with Crippen LogP contribution in [0.5, 0.6) is 0 Å². The third-order valence-electron chi connectivity index (χ3n) is 1.35. The van der Waals surface area contributed by atoms with Crippen LogP contribution in [0.2, 0.25) is 0 Å². The van der Waals surface area contributed by atoms with Crippen molar-refractivity contribution in [3.05, 3.63) is 0 Å². The molecule has 0 fully saturated rings. The fourth-order valence-corrected chi connectivity index (χ4v) is 0.694. The van der Waals surface area contributed by atoms with E-state index in [0.717, 1.165) is 0 Å². The predicted octanol–water partition coefficient (Wildman–Crippen LogP) is -1.77. The van der Waals surface area contributed by atoms with Crippen LogP contribution in [0.25, 0.3) is 0 Å². The van der Waals surface area contributed by atoms with Crippen LogP contribution in [0.4, 0.5) is 0 Å². The topological polar surface area (TPSA) is 132 Å². The molecular formula is C6H8CaO7. The summed E-state index contributed by atoms with van der Waals surface area (Å²) in [5.74, 6) is -6.71. The first-order valence-corrected chi connectivity index (χ1v) is 3.21. The van der Waals surface area contributed by atoms with E-state index < -0.39 is 36.4 Å². The molecule has 2 unspecified atom stereocenters. The molecule has 0 heterocycles. The van der Waals surface area contributed by atoms with E-state index in [0.29, 0.717) is 0 Å². The molecule has 2 atom stereocenters. The fourth-order valence-electron chi connectivity index (χ4n) is 0.694. The van der Waals surface area contributed by atoms with Gasteiger partial charge in [0, 0.05) is 37.7 Å². The number of hydrogen-bond acceptors (Lipinski definition) is 4. The van der Waals surface area contributed by atoms with Crippen molar-refractivity contribution in [3.8, 4) is 0 Å². The first-order chi connectivity index (χ1) is 5.86. The molecule has 4 N–H and O–H groups in total. The molecule has 0 aliphatic carbocycles. The Labute approximate surface area is 108 Å². The predicted molar refractivity (Wildman–Crippen MR) is 42.8 cm³/mol. The number of carboxylic acids is 3. The summed E-state index contributed by atoms with van der Waals surface area (Å²) >= 11 is 0. The molecule has 0 rings (SSSR count). The Balaban J connectivity index is 0. The molecule has 0 spiro atoms. The molecule has 0 saturated carbocycles. The van der Waals surface area contributed by atoms with E-state index in [1.807, 2.05) is 0 Å². The Morgan fingerprint density at radius 2 is 1.43 bits per heavy atom. The van der Waals surface area contributed by atoms with Gasteiger partial charge in [0.05, 0.1) is 6.42 Å². The van der Waals surface area contributed by atoms with Gasteiger partial charge in [-0.2, -0.15) is 0 Å². The zero-order valence-electron chi connectivity index (χ0n) is 7.08. The van der Waals surface area contributed by atoms with Crippen molar-refractivity contribution in [3.63, 3.8) is 0 Å². The van der Waals surface area contributed by atoms with E-state index in [1.165, 1.54) is 0 Å². The molecule has 0 saturated heterocycles. The standard InChI is InChI=1S/C6H8O7.Ca/c7-3(8)1-2(5(10)11)4(9)6(12)13;/h2,4,9H,1H2,(H,7,8)(H,10,11)(H,12,13);. The summed E-state index contributed by atoms with van der Waals surface area (Å²) in [4.78, 5) is 30.5. The summed E-state index contributed by atoms with van der Waals surface area (Å²) < 4.78 is 0. The molecule has 7 nitrogen and oxygen atoms in total. The number of carbonyl (C=O) groups is 3. The summed E-state index contributed by atoms with van der Waals surface area (Å²) in [7, 11) is 0. The van der Waals surface area contributed by atoms with Gasteiger partial charge in [-0.3, -0.25) is 9.59 Å². The van der Waals surface area contributed by atoms with Crippen molar-refractivity contribution in [2.24, 2.45) is 5.92 Å². The van der Waals surface area contributed by atoms with Gasteiger partial charge < -0.3 is 20.4 Å². The molecule has 0 aliphatic heterocycles. The van der Waals surface area contributed by atoms with E-state index >= 15 is 0 Å². The minimum absolute atomic E-state index is 0. The monoisotopic (exact) mass is 232 g/mol. The second-order valence-electron chi connectivity index (χ2n) is 2.33. The molecule has 0 aromatic rings. The number of aliphatic hydroxyl groups is 1. The summed E-state index contributed by atoms with van der Waals surface area (Å²) in [5.41, 5.74) is 0. The molecule has 0 amide bonds. The van der Waals surface area contributed by atoms with E-state index in [-0.39, 0.29) is 37.7 Å². The minimum Gasteiger partial charge on any atom is -0.481 e. The molecule has 0 aromatic heterocycles. The third kappa shape index (κ3) is 5.38. The summed E-state index contributed by atoms with van der Waals surface area (Å²) in [6.45, 7) is 0. The number of aliphatic hydroxyl groups excluding tert-OH is 1. The molecule has 76 valence electrons. The molecular weight excluding hydrogens is 224 g/mol. The van der Waals surface area contributed by atoms with E-state index in [9.17, 15) is 14.4 Å². The molecule has 0 bridgehead atoms. The normalized spacial score (nSPS) is 13.5. The van der Waals surface area contributed by atoms with Crippen molar-refractivity contribution in [2.45, 2.75) is 12.5 Å². The van der Waals surface area contributed by atoms with Crippen molar-refractivity contribution in [2.75, 3.05) is 0 Å². The van der Waals surface area contributed by atoms with Crippen LogP contribution in [0.1, 0.15) is 6.42 Å². The zero-order valence-corrected chi connectivity index (χ0v) is 9.29. The van der Waals surface area contributed by atoms with Gasteiger partial charge in [-0.1, -0.05) is 0 Å².